The first-order chi connectivity index (χ1) is 13.0. The summed E-state index contributed by atoms with van der Waals surface area (Å²) in [5.41, 5.74) is 3.02. The number of aryl methyl sites for hydroxylation is 1. The number of carbonyl (C=O) groups is 1. The van der Waals surface area contributed by atoms with Gasteiger partial charge in [-0.1, -0.05) is 29.8 Å². The predicted octanol–water partition coefficient (Wildman–Crippen LogP) is 3.52. The van der Waals surface area contributed by atoms with Crippen LogP contribution >= 0.6 is 11.5 Å². The van der Waals surface area contributed by atoms with Gasteiger partial charge in [-0.15, -0.1) is 0 Å². The molecule has 0 atom stereocenters. The normalized spacial score (nSPS) is 10.5. The van der Waals surface area contributed by atoms with E-state index in [2.05, 4.69) is 14.7 Å². The molecule has 1 N–H and O–H groups in total. The van der Waals surface area contributed by atoms with Crippen LogP contribution in [-0.4, -0.2) is 36.0 Å². The second-order valence-electron chi connectivity index (χ2n) is 6.29. The number of aromatic nitrogens is 2. The number of carbonyl (C=O) groups excluding carboxylic acids is 1. The summed E-state index contributed by atoms with van der Waals surface area (Å²) in [7, 11) is 3.49. The molecule has 6 nitrogen and oxygen atoms in total. The number of likely N-dealkylation sites (N-methyl/N-ethyl adjacent to an activating group) is 1. The molecular formula is C20H22N4O2S. The highest BCUT2D eigenvalue weighted by Gasteiger charge is 2.13. The van der Waals surface area contributed by atoms with Crippen LogP contribution in [0.3, 0.4) is 0 Å². The molecule has 1 aromatic heterocycles. The molecule has 140 valence electrons. The van der Waals surface area contributed by atoms with Crippen LogP contribution in [-0.2, 0) is 11.2 Å². The number of methoxy groups -OCH3 is 1. The van der Waals surface area contributed by atoms with Crippen LogP contribution in [0.15, 0.2) is 48.5 Å². The maximum atomic E-state index is 12.2. The van der Waals surface area contributed by atoms with E-state index in [1.54, 1.807) is 12.0 Å². The Morgan fingerprint density at radius 1 is 1.22 bits per heavy atom. The SMILES string of the molecule is COc1cccc(Cc2nsc(N(C)CC(=O)Nc3ccc(C)cc3)n2)c1. The molecular weight excluding hydrogens is 360 g/mol. The molecule has 0 fully saturated rings. The fourth-order valence-electron chi connectivity index (χ4n) is 2.56. The van der Waals surface area contributed by atoms with Crippen molar-refractivity contribution >= 4 is 28.3 Å². The summed E-state index contributed by atoms with van der Waals surface area (Å²) >= 11 is 1.29. The molecule has 0 aliphatic heterocycles. The van der Waals surface area contributed by atoms with Crippen molar-refractivity contribution in [1.29, 1.82) is 0 Å². The first-order valence-electron chi connectivity index (χ1n) is 8.56. The lowest BCUT2D eigenvalue weighted by molar-refractivity contribution is -0.114. The number of ether oxygens (including phenoxy) is 1. The summed E-state index contributed by atoms with van der Waals surface area (Å²) in [6.45, 7) is 2.22. The fourth-order valence-corrected chi connectivity index (χ4v) is 3.20. The highest BCUT2D eigenvalue weighted by molar-refractivity contribution is 7.09. The lowest BCUT2D eigenvalue weighted by atomic mass is 10.1. The van der Waals surface area contributed by atoms with Crippen LogP contribution in [0.5, 0.6) is 5.75 Å². The molecule has 0 bridgehead atoms. The number of hydrogen-bond acceptors (Lipinski definition) is 6. The smallest absolute Gasteiger partial charge is 0.243 e. The Morgan fingerprint density at radius 2 is 2.00 bits per heavy atom. The van der Waals surface area contributed by atoms with E-state index in [-0.39, 0.29) is 12.5 Å². The van der Waals surface area contributed by atoms with E-state index >= 15 is 0 Å². The van der Waals surface area contributed by atoms with E-state index in [0.717, 1.165) is 28.4 Å². The van der Waals surface area contributed by atoms with Gasteiger partial charge in [0.15, 0.2) is 0 Å². The predicted molar refractivity (Wildman–Crippen MR) is 109 cm³/mol. The van der Waals surface area contributed by atoms with Crippen LogP contribution in [0.25, 0.3) is 0 Å². The minimum atomic E-state index is -0.0918. The minimum absolute atomic E-state index is 0.0918. The van der Waals surface area contributed by atoms with Crippen molar-refractivity contribution in [3.63, 3.8) is 0 Å². The topological polar surface area (TPSA) is 67.3 Å². The van der Waals surface area contributed by atoms with E-state index < -0.39 is 0 Å². The number of rotatable bonds is 7. The maximum Gasteiger partial charge on any atom is 0.243 e. The van der Waals surface area contributed by atoms with Gasteiger partial charge in [0.05, 0.1) is 13.7 Å². The number of nitrogens with zero attached hydrogens (tertiary/aromatic N) is 3. The number of amides is 1. The molecule has 7 heteroatoms. The highest BCUT2D eigenvalue weighted by atomic mass is 32.1. The zero-order valence-electron chi connectivity index (χ0n) is 15.6. The largest absolute Gasteiger partial charge is 0.497 e. The van der Waals surface area contributed by atoms with Crippen LogP contribution < -0.4 is 15.0 Å². The van der Waals surface area contributed by atoms with Crippen LogP contribution in [0.1, 0.15) is 17.0 Å². The fraction of sp³-hybridized carbons (Fsp3) is 0.250. The van der Waals surface area contributed by atoms with Crippen molar-refractivity contribution < 1.29 is 9.53 Å². The van der Waals surface area contributed by atoms with E-state index in [4.69, 9.17) is 4.74 Å². The first-order valence-corrected chi connectivity index (χ1v) is 9.34. The average Bonchev–Trinajstić information content (AvgIpc) is 3.12. The Balaban J connectivity index is 1.58. The Labute approximate surface area is 163 Å². The van der Waals surface area contributed by atoms with Crippen LogP contribution in [0, 0.1) is 6.92 Å². The van der Waals surface area contributed by atoms with Gasteiger partial charge in [0, 0.05) is 30.7 Å². The summed E-state index contributed by atoms with van der Waals surface area (Å²) < 4.78 is 9.65. The molecule has 0 radical (unpaired) electrons. The molecule has 3 aromatic rings. The van der Waals surface area contributed by atoms with Crippen LogP contribution in [0.2, 0.25) is 0 Å². The van der Waals surface area contributed by atoms with Crippen molar-refractivity contribution in [3.05, 3.63) is 65.5 Å². The van der Waals surface area contributed by atoms with Gasteiger partial charge in [0.25, 0.3) is 0 Å². The molecule has 2 aromatic carbocycles. The number of anilines is 2. The molecule has 0 unspecified atom stereocenters. The van der Waals surface area contributed by atoms with Gasteiger partial charge in [-0.25, -0.2) is 4.98 Å². The van der Waals surface area contributed by atoms with Gasteiger partial charge >= 0.3 is 0 Å². The van der Waals surface area contributed by atoms with Crippen molar-refractivity contribution in [1.82, 2.24) is 9.36 Å². The lowest BCUT2D eigenvalue weighted by Gasteiger charge is -2.14. The van der Waals surface area contributed by atoms with Gasteiger partial charge in [0.1, 0.15) is 11.6 Å². The Morgan fingerprint density at radius 3 is 2.74 bits per heavy atom. The third kappa shape index (κ3) is 5.27. The third-order valence-corrected chi connectivity index (χ3v) is 4.86. The highest BCUT2D eigenvalue weighted by Crippen LogP contribution is 2.20. The Hall–Kier alpha value is -2.93. The van der Waals surface area contributed by atoms with Gasteiger partial charge in [-0.2, -0.15) is 4.37 Å². The lowest BCUT2D eigenvalue weighted by Crippen LogP contribution is -2.30. The number of nitrogens with one attached hydrogen (secondary N) is 1. The van der Waals surface area contributed by atoms with Crippen molar-refractivity contribution in [3.8, 4) is 5.75 Å². The maximum absolute atomic E-state index is 12.2. The van der Waals surface area contributed by atoms with E-state index in [1.807, 2.05) is 62.5 Å². The molecule has 0 aliphatic carbocycles. The van der Waals surface area contributed by atoms with E-state index in [9.17, 15) is 4.79 Å². The summed E-state index contributed by atoms with van der Waals surface area (Å²) in [6, 6.07) is 15.6. The van der Waals surface area contributed by atoms with Gasteiger partial charge in [-0.3, -0.25) is 4.79 Å². The molecule has 1 amide bonds. The summed E-state index contributed by atoms with van der Waals surface area (Å²) in [6.07, 6.45) is 0.622. The molecule has 0 saturated heterocycles. The third-order valence-electron chi connectivity index (χ3n) is 4.00. The first kappa shape index (κ1) is 18.8. The number of benzene rings is 2. The minimum Gasteiger partial charge on any atom is -0.497 e. The molecule has 27 heavy (non-hydrogen) atoms. The molecule has 0 saturated carbocycles. The molecule has 1 heterocycles. The van der Waals surface area contributed by atoms with E-state index in [0.29, 0.717) is 11.6 Å². The average molecular weight is 382 g/mol. The quantitative estimate of drug-likeness (QED) is 0.677. The summed E-state index contributed by atoms with van der Waals surface area (Å²) in [5, 5.41) is 3.61. The summed E-state index contributed by atoms with van der Waals surface area (Å²) in [4.78, 5) is 18.6. The zero-order chi connectivity index (χ0) is 19.2. The van der Waals surface area contributed by atoms with Gasteiger partial charge < -0.3 is 15.0 Å². The second kappa shape index (κ2) is 8.64. The molecule has 0 aliphatic rings. The monoisotopic (exact) mass is 382 g/mol. The standard InChI is InChI=1S/C20H22N4O2S/c1-14-7-9-16(10-8-14)21-19(25)13-24(2)20-22-18(23-27-20)12-15-5-4-6-17(11-15)26-3/h4-11H,12-13H2,1-3H3,(H,21,25). The van der Waals surface area contributed by atoms with Gasteiger partial charge in [0.2, 0.25) is 11.0 Å². The molecule has 3 rings (SSSR count). The summed E-state index contributed by atoms with van der Waals surface area (Å²) in [5.74, 6) is 1.45. The van der Waals surface area contributed by atoms with Crippen LogP contribution in [0.4, 0.5) is 10.8 Å². The second-order valence-corrected chi connectivity index (χ2v) is 7.02. The van der Waals surface area contributed by atoms with Crippen molar-refractivity contribution in [2.75, 3.05) is 30.9 Å². The Kier molecular flexibility index (Phi) is 6.03. The number of hydrogen-bond donors (Lipinski definition) is 1. The molecule has 0 spiro atoms. The van der Waals surface area contributed by atoms with E-state index in [1.165, 1.54) is 11.5 Å². The zero-order valence-corrected chi connectivity index (χ0v) is 16.4. The Bertz CT molecular complexity index is 908. The van der Waals surface area contributed by atoms with Gasteiger partial charge in [-0.05, 0) is 36.8 Å². The van der Waals surface area contributed by atoms with Crippen molar-refractivity contribution in [2.24, 2.45) is 0 Å². The van der Waals surface area contributed by atoms with Crippen molar-refractivity contribution in [2.45, 2.75) is 13.3 Å².